The van der Waals surface area contributed by atoms with Gasteiger partial charge in [0.15, 0.2) is 5.17 Å². The van der Waals surface area contributed by atoms with Crippen molar-refractivity contribution >= 4 is 63.3 Å². The SMILES string of the molecule is O=C(C[C@@H]1S/C(=N/N=C2CCCCCC2)NC1=O)Nc1ccc(Cl)c(Cl)c1. The van der Waals surface area contributed by atoms with Gasteiger partial charge in [-0.1, -0.05) is 47.8 Å². The molecule has 144 valence electrons. The van der Waals surface area contributed by atoms with Gasteiger partial charge in [-0.15, -0.1) is 5.10 Å². The molecule has 0 bridgehead atoms. The summed E-state index contributed by atoms with van der Waals surface area (Å²) in [5.41, 5.74) is 1.61. The number of hydrogen-bond donors (Lipinski definition) is 2. The number of benzene rings is 1. The Hall–Kier alpha value is -1.57. The van der Waals surface area contributed by atoms with Crippen molar-refractivity contribution in [3.63, 3.8) is 0 Å². The third-order valence-electron chi connectivity index (χ3n) is 4.31. The predicted molar refractivity (Wildman–Crippen MR) is 112 cm³/mol. The molecule has 1 aliphatic carbocycles. The molecule has 0 spiro atoms. The summed E-state index contributed by atoms with van der Waals surface area (Å²) in [7, 11) is 0. The molecule has 27 heavy (non-hydrogen) atoms. The molecule has 2 amide bonds. The first kappa shape index (κ1) is 20.2. The molecule has 9 heteroatoms. The van der Waals surface area contributed by atoms with Crippen LogP contribution in [0.2, 0.25) is 10.0 Å². The van der Waals surface area contributed by atoms with E-state index < -0.39 is 5.25 Å². The fourth-order valence-corrected chi connectivity index (χ4v) is 4.11. The second kappa shape index (κ2) is 9.57. The Morgan fingerprint density at radius 3 is 2.59 bits per heavy atom. The van der Waals surface area contributed by atoms with Crippen molar-refractivity contribution in [2.75, 3.05) is 5.32 Å². The van der Waals surface area contributed by atoms with Gasteiger partial charge in [-0.25, -0.2) is 0 Å². The zero-order valence-electron chi connectivity index (χ0n) is 14.6. The van der Waals surface area contributed by atoms with Gasteiger partial charge in [-0.05, 0) is 43.9 Å². The normalized spacial score (nSPS) is 21.7. The monoisotopic (exact) mass is 426 g/mol. The van der Waals surface area contributed by atoms with Gasteiger partial charge < -0.3 is 10.6 Å². The number of nitrogens with zero attached hydrogens (tertiary/aromatic N) is 2. The minimum Gasteiger partial charge on any atom is -0.326 e. The van der Waals surface area contributed by atoms with Gasteiger partial charge in [0.1, 0.15) is 5.25 Å². The Morgan fingerprint density at radius 2 is 1.89 bits per heavy atom. The minimum atomic E-state index is -0.527. The van der Waals surface area contributed by atoms with Gasteiger partial charge in [0, 0.05) is 17.8 Å². The average Bonchev–Trinajstić information content (AvgIpc) is 2.83. The lowest BCUT2D eigenvalue weighted by Gasteiger charge is -2.08. The summed E-state index contributed by atoms with van der Waals surface area (Å²) in [6.45, 7) is 0. The van der Waals surface area contributed by atoms with Gasteiger partial charge in [-0.2, -0.15) is 5.10 Å². The van der Waals surface area contributed by atoms with E-state index in [2.05, 4.69) is 20.8 Å². The number of carbonyl (C=O) groups is 2. The first-order chi connectivity index (χ1) is 13.0. The highest BCUT2D eigenvalue weighted by Crippen LogP contribution is 2.26. The lowest BCUT2D eigenvalue weighted by molar-refractivity contribution is -0.122. The summed E-state index contributed by atoms with van der Waals surface area (Å²) in [6.07, 6.45) is 6.71. The molecule has 1 atom stereocenters. The highest BCUT2D eigenvalue weighted by Gasteiger charge is 2.32. The molecule has 0 aromatic heterocycles. The number of hydrogen-bond acceptors (Lipinski definition) is 5. The molecule has 1 heterocycles. The van der Waals surface area contributed by atoms with Gasteiger partial charge >= 0.3 is 0 Å². The van der Waals surface area contributed by atoms with Crippen molar-refractivity contribution in [3.05, 3.63) is 28.2 Å². The van der Waals surface area contributed by atoms with Crippen molar-refractivity contribution in [2.24, 2.45) is 10.2 Å². The van der Waals surface area contributed by atoms with Crippen LogP contribution in [0.15, 0.2) is 28.4 Å². The summed E-state index contributed by atoms with van der Waals surface area (Å²) in [5, 5.41) is 14.6. The topological polar surface area (TPSA) is 82.9 Å². The number of amidine groups is 1. The zero-order chi connectivity index (χ0) is 19.2. The number of thioether (sulfide) groups is 1. The Kier molecular flexibility index (Phi) is 7.15. The molecule has 6 nitrogen and oxygen atoms in total. The first-order valence-electron chi connectivity index (χ1n) is 8.87. The largest absolute Gasteiger partial charge is 0.326 e. The van der Waals surface area contributed by atoms with Crippen LogP contribution in [0.25, 0.3) is 0 Å². The molecule has 2 N–H and O–H groups in total. The predicted octanol–water partition coefficient (Wildman–Crippen LogP) is 4.62. The van der Waals surface area contributed by atoms with Crippen molar-refractivity contribution < 1.29 is 9.59 Å². The molecule has 3 rings (SSSR count). The van der Waals surface area contributed by atoms with E-state index in [0.717, 1.165) is 31.4 Å². The number of carbonyl (C=O) groups excluding carboxylic acids is 2. The van der Waals surface area contributed by atoms with Crippen molar-refractivity contribution in [2.45, 2.75) is 50.2 Å². The van der Waals surface area contributed by atoms with Crippen LogP contribution in [0.1, 0.15) is 44.9 Å². The van der Waals surface area contributed by atoms with Crippen LogP contribution >= 0.6 is 35.0 Å². The molecular formula is C18H20Cl2N4O2S. The number of halogens is 2. The summed E-state index contributed by atoms with van der Waals surface area (Å²) >= 11 is 13.0. The molecule has 1 aliphatic heterocycles. The molecular weight excluding hydrogens is 407 g/mol. The standard InChI is InChI=1S/C18H20Cl2N4O2S/c19-13-8-7-12(9-14(13)20)21-16(25)10-15-17(26)22-18(27-15)24-23-11-5-3-1-2-4-6-11/h7-9,15H,1-6,10H2,(H,21,25)(H,22,24,26)/t15-/m0/s1. The van der Waals surface area contributed by atoms with E-state index in [9.17, 15) is 9.59 Å². The Bertz CT molecular complexity index is 788. The van der Waals surface area contributed by atoms with Gasteiger partial charge in [0.05, 0.1) is 10.0 Å². The van der Waals surface area contributed by atoms with E-state index in [0.29, 0.717) is 20.9 Å². The average molecular weight is 427 g/mol. The summed E-state index contributed by atoms with van der Waals surface area (Å²) in [6, 6.07) is 4.83. The lowest BCUT2D eigenvalue weighted by Crippen LogP contribution is -2.28. The highest BCUT2D eigenvalue weighted by atomic mass is 35.5. The second-order valence-electron chi connectivity index (χ2n) is 6.46. The molecule has 0 unspecified atom stereocenters. The Labute approximate surface area is 172 Å². The van der Waals surface area contributed by atoms with Crippen LogP contribution in [0.4, 0.5) is 5.69 Å². The molecule has 1 saturated carbocycles. The maximum atomic E-state index is 12.2. The van der Waals surface area contributed by atoms with E-state index in [-0.39, 0.29) is 18.2 Å². The van der Waals surface area contributed by atoms with Crippen molar-refractivity contribution in [1.29, 1.82) is 0 Å². The van der Waals surface area contributed by atoms with Crippen LogP contribution < -0.4 is 10.6 Å². The number of rotatable bonds is 4. The van der Waals surface area contributed by atoms with Crippen LogP contribution in [-0.2, 0) is 9.59 Å². The molecule has 1 aromatic rings. The van der Waals surface area contributed by atoms with Crippen LogP contribution in [0.3, 0.4) is 0 Å². The number of nitrogens with one attached hydrogen (secondary N) is 2. The fraction of sp³-hybridized carbons (Fsp3) is 0.444. The Morgan fingerprint density at radius 1 is 1.15 bits per heavy atom. The van der Waals surface area contributed by atoms with E-state index in [1.165, 1.54) is 24.6 Å². The van der Waals surface area contributed by atoms with Gasteiger partial charge in [0.2, 0.25) is 11.8 Å². The van der Waals surface area contributed by atoms with Crippen molar-refractivity contribution in [1.82, 2.24) is 5.32 Å². The van der Waals surface area contributed by atoms with Gasteiger partial charge in [-0.3, -0.25) is 9.59 Å². The quantitative estimate of drug-likeness (QED) is 0.543. The maximum absolute atomic E-state index is 12.2. The van der Waals surface area contributed by atoms with Gasteiger partial charge in [0.25, 0.3) is 0 Å². The minimum absolute atomic E-state index is 0.0341. The fourth-order valence-electron chi connectivity index (χ4n) is 2.89. The summed E-state index contributed by atoms with van der Waals surface area (Å²) in [4.78, 5) is 24.3. The van der Waals surface area contributed by atoms with E-state index >= 15 is 0 Å². The summed E-state index contributed by atoms with van der Waals surface area (Å²) in [5.74, 6) is -0.513. The smallest absolute Gasteiger partial charge is 0.240 e. The van der Waals surface area contributed by atoms with E-state index in [4.69, 9.17) is 23.2 Å². The second-order valence-corrected chi connectivity index (χ2v) is 8.47. The van der Waals surface area contributed by atoms with E-state index in [1.54, 1.807) is 18.2 Å². The molecule has 0 radical (unpaired) electrons. The lowest BCUT2D eigenvalue weighted by atomic mass is 10.2. The maximum Gasteiger partial charge on any atom is 0.240 e. The molecule has 1 saturated heterocycles. The summed E-state index contributed by atoms with van der Waals surface area (Å²) < 4.78 is 0. The molecule has 1 aromatic carbocycles. The highest BCUT2D eigenvalue weighted by molar-refractivity contribution is 8.15. The molecule has 2 aliphatic rings. The number of anilines is 1. The molecule has 2 fully saturated rings. The zero-order valence-corrected chi connectivity index (χ0v) is 17.0. The third kappa shape index (κ3) is 5.96. The van der Waals surface area contributed by atoms with Crippen LogP contribution in [0.5, 0.6) is 0 Å². The Balaban J connectivity index is 1.55. The van der Waals surface area contributed by atoms with Crippen LogP contribution in [0, 0.1) is 0 Å². The van der Waals surface area contributed by atoms with Crippen molar-refractivity contribution in [3.8, 4) is 0 Å². The number of amides is 2. The van der Waals surface area contributed by atoms with Crippen LogP contribution in [-0.4, -0.2) is 27.9 Å². The van der Waals surface area contributed by atoms with E-state index in [1.807, 2.05) is 0 Å². The first-order valence-corrected chi connectivity index (χ1v) is 10.5. The third-order valence-corrected chi connectivity index (χ3v) is 6.12.